The first-order chi connectivity index (χ1) is 10.1. The van der Waals surface area contributed by atoms with Gasteiger partial charge in [0.2, 0.25) is 5.89 Å². The maximum atomic E-state index is 12.0. The minimum Gasteiger partial charge on any atom is -0.351 e. The standard InChI is InChI=1S/C11H12N6O4/c12-16-7-1-2-9(17(19)20)8(5-7)11(18)13-4-3-10-14-6-15-21-10/h1-2,5-6,16H,3-4,12H2,(H,13,18). The molecule has 2 aromatic rings. The number of carbonyl (C=O) groups is 1. The topological polar surface area (TPSA) is 149 Å². The molecular weight excluding hydrogens is 280 g/mol. The summed E-state index contributed by atoms with van der Waals surface area (Å²) < 4.78 is 4.77. The molecule has 0 saturated heterocycles. The molecule has 1 amide bonds. The molecule has 10 nitrogen and oxygen atoms in total. The van der Waals surface area contributed by atoms with Crippen molar-refractivity contribution in [3.63, 3.8) is 0 Å². The van der Waals surface area contributed by atoms with Crippen LogP contribution in [-0.2, 0) is 6.42 Å². The van der Waals surface area contributed by atoms with Gasteiger partial charge in [0.05, 0.1) is 4.92 Å². The molecule has 1 aromatic heterocycles. The highest BCUT2D eigenvalue weighted by Gasteiger charge is 2.20. The largest absolute Gasteiger partial charge is 0.351 e. The van der Waals surface area contributed by atoms with E-state index in [0.29, 0.717) is 18.0 Å². The Balaban J connectivity index is 2.08. The molecule has 4 N–H and O–H groups in total. The summed E-state index contributed by atoms with van der Waals surface area (Å²) >= 11 is 0. The number of nitrogen functional groups attached to an aromatic ring is 1. The normalized spacial score (nSPS) is 10.1. The molecule has 2 rings (SSSR count). The molecule has 0 aliphatic carbocycles. The van der Waals surface area contributed by atoms with Crippen LogP contribution >= 0.6 is 0 Å². The van der Waals surface area contributed by atoms with Gasteiger partial charge >= 0.3 is 0 Å². The van der Waals surface area contributed by atoms with Crippen molar-refractivity contribution in [3.8, 4) is 0 Å². The molecule has 0 spiro atoms. The van der Waals surface area contributed by atoms with Crippen molar-refractivity contribution in [2.75, 3.05) is 12.0 Å². The van der Waals surface area contributed by atoms with E-state index in [1.54, 1.807) is 0 Å². The molecule has 0 radical (unpaired) electrons. The molecule has 21 heavy (non-hydrogen) atoms. The van der Waals surface area contributed by atoms with E-state index in [0.717, 1.165) is 0 Å². The lowest BCUT2D eigenvalue weighted by atomic mass is 10.1. The minimum absolute atomic E-state index is 0.0824. The van der Waals surface area contributed by atoms with E-state index in [9.17, 15) is 14.9 Å². The fourth-order valence-corrected chi connectivity index (χ4v) is 1.65. The van der Waals surface area contributed by atoms with Crippen molar-refractivity contribution in [1.29, 1.82) is 0 Å². The summed E-state index contributed by atoms with van der Waals surface area (Å²) in [5.74, 6) is 5.01. The monoisotopic (exact) mass is 292 g/mol. The molecule has 0 bridgehead atoms. The van der Waals surface area contributed by atoms with Gasteiger partial charge in [-0.2, -0.15) is 4.98 Å². The van der Waals surface area contributed by atoms with Crippen LogP contribution in [0.5, 0.6) is 0 Å². The van der Waals surface area contributed by atoms with Gasteiger partial charge < -0.3 is 15.3 Å². The van der Waals surface area contributed by atoms with Crippen LogP contribution < -0.4 is 16.6 Å². The first-order valence-electron chi connectivity index (χ1n) is 5.90. The number of hydrogen-bond acceptors (Lipinski definition) is 8. The van der Waals surface area contributed by atoms with Crippen LogP contribution in [-0.4, -0.2) is 27.5 Å². The fourth-order valence-electron chi connectivity index (χ4n) is 1.65. The van der Waals surface area contributed by atoms with E-state index >= 15 is 0 Å². The van der Waals surface area contributed by atoms with Crippen molar-refractivity contribution >= 4 is 17.3 Å². The van der Waals surface area contributed by atoms with Crippen LogP contribution in [0.15, 0.2) is 29.0 Å². The molecule has 0 saturated carbocycles. The van der Waals surface area contributed by atoms with E-state index in [-0.39, 0.29) is 17.8 Å². The third kappa shape index (κ3) is 3.51. The predicted molar refractivity (Wildman–Crippen MR) is 71.2 cm³/mol. The number of nitro groups is 1. The molecular formula is C11H12N6O4. The number of nitrogens with one attached hydrogen (secondary N) is 2. The van der Waals surface area contributed by atoms with Gasteiger partial charge in [-0.25, -0.2) is 0 Å². The van der Waals surface area contributed by atoms with Gasteiger partial charge in [0, 0.05) is 24.7 Å². The van der Waals surface area contributed by atoms with Gasteiger partial charge in [0.1, 0.15) is 5.56 Å². The Morgan fingerprint density at radius 2 is 2.29 bits per heavy atom. The van der Waals surface area contributed by atoms with Crippen LogP contribution in [0.1, 0.15) is 16.2 Å². The van der Waals surface area contributed by atoms with E-state index < -0.39 is 10.8 Å². The summed E-state index contributed by atoms with van der Waals surface area (Å²) in [5, 5.41) is 16.9. The lowest BCUT2D eigenvalue weighted by molar-refractivity contribution is -0.385. The third-order valence-corrected chi connectivity index (χ3v) is 2.64. The molecule has 0 unspecified atom stereocenters. The molecule has 0 fully saturated rings. The highest BCUT2D eigenvalue weighted by atomic mass is 16.6. The number of nitro benzene ring substituents is 1. The highest BCUT2D eigenvalue weighted by Crippen LogP contribution is 2.22. The number of anilines is 1. The van der Waals surface area contributed by atoms with Crippen molar-refractivity contribution < 1.29 is 14.2 Å². The van der Waals surface area contributed by atoms with Crippen molar-refractivity contribution in [1.82, 2.24) is 15.5 Å². The maximum absolute atomic E-state index is 12.0. The Morgan fingerprint density at radius 1 is 1.48 bits per heavy atom. The second-order valence-corrected chi connectivity index (χ2v) is 3.97. The number of benzene rings is 1. The maximum Gasteiger partial charge on any atom is 0.282 e. The van der Waals surface area contributed by atoms with E-state index in [2.05, 4.69) is 20.9 Å². The Kier molecular flexibility index (Phi) is 4.41. The number of rotatable bonds is 6. The van der Waals surface area contributed by atoms with Gasteiger partial charge in [0.15, 0.2) is 6.33 Å². The van der Waals surface area contributed by atoms with Crippen LogP contribution in [0.3, 0.4) is 0 Å². The summed E-state index contributed by atoms with van der Waals surface area (Å²) in [6, 6.07) is 3.93. The number of amides is 1. The van der Waals surface area contributed by atoms with Gasteiger partial charge in [0.25, 0.3) is 11.6 Å². The summed E-state index contributed by atoms with van der Waals surface area (Å²) in [7, 11) is 0. The molecule has 0 aliphatic rings. The molecule has 1 aromatic carbocycles. The quantitative estimate of drug-likeness (QED) is 0.389. The Hall–Kier alpha value is -3.01. The number of hydrazine groups is 1. The zero-order valence-corrected chi connectivity index (χ0v) is 10.8. The fraction of sp³-hybridized carbons (Fsp3) is 0.182. The summed E-state index contributed by atoms with van der Waals surface area (Å²) in [6.45, 7) is 0.207. The van der Waals surface area contributed by atoms with Crippen LogP contribution in [0.4, 0.5) is 11.4 Å². The zero-order chi connectivity index (χ0) is 15.2. The highest BCUT2D eigenvalue weighted by molar-refractivity contribution is 5.99. The Bertz CT molecular complexity index is 642. The van der Waals surface area contributed by atoms with Gasteiger partial charge in [-0.05, 0) is 12.1 Å². The number of aromatic nitrogens is 2. The molecule has 110 valence electrons. The second kappa shape index (κ2) is 6.43. The summed E-state index contributed by atoms with van der Waals surface area (Å²) in [5.41, 5.74) is 2.34. The second-order valence-electron chi connectivity index (χ2n) is 3.97. The first-order valence-corrected chi connectivity index (χ1v) is 5.90. The number of carbonyl (C=O) groups excluding carboxylic acids is 1. The van der Waals surface area contributed by atoms with E-state index in [1.807, 2.05) is 0 Å². The number of hydrogen-bond donors (Lipinski definition) is 3. The van der Waals surface area contributed by atoms with Crippen molar-refractivity contribution in [2.45, 2.75) is 6.42 Å². The van der Waals surface area contributed by atoms with Gasteiger partial charge in [-0.1, -0.05) is 5.16 Å². The van der Waals surface area contributed by atoms with E-state index in [4.69, 9.17) is 10.4 Å². The molecule has 0 aliphatic heterocycles. The average molecular weight is 292 g/mol. The van der Waals surface area contributed by atoms with Crippen LogP contribution in [0.2, 0.25) is 0 Å². The number of nitrogens with two attached hydrogens (primary N) is 1. The summed E-state index contributed by atoms with van der Waals surface area (Å²) in [6.07, 6.45) is 1.58. The molecule has 1 heterocycles. The minimum atomic E-state index is -0.632. The van der Waals surface area contributed by atoms with E-state index in [1.165, 1.54) is 24.5 Å². The first kappa shape index (κ1) is 14.4. The van der Waals surface area contributed by atoms with Crippen LogP contribution in [0.25, 0.3) is 0 Å². The van der Waals surface area contributed by atoms with Crippen molar-refractivity contribution in [2.24, 2.45) is 5.84 Å². The predicted octanol–water partition coefficient (Wildman–Crippen LogP) is 0.236. The lowest BCUT2D eigenvalue weighted by Gasteiger charge is -2.06. The van der Waals surface area contributed by atoms with Crippen molar-refractivity contribution in [3.05, 3.63) is 46.1 Å². The van der Waals surface area contributed by atoms with Gasteiger partial charge in [-0.3, -0.25) is 20.8 Å². The lowest BCUT2D eigenvalue weighted by Crippen LogP contribution is -2.26. The zero-order valence-electron chi connectivity index (χ0n) is 10.8. The Morgan fingerprint density at radius 3 is 2.90 bits per heavy atom. The molecule has 10 heteroatoms. The SMILES string of the molecule is NNc1ccc([N+](=O)[O-])c(C(=O)NCCc2ncno2)c1. The number of nitrogens with zero attached hydrogens (tertiary/aromatic N) is 3. The smallest absolute Gasteiger partial charge is 0.282 e. The van der Waals surface area contributed by atoms with Gasteiger partial charge in [-0.15, -0.1) is 0 Å². The van der Waals surface area contributed by atoms with Crippen LogP contribution in [0, 0.1) is 10.1 Å². The Labute approximate surface area is 118 Å². The summed E-state index contributed by atoms with van der Waals surface area (Å²) in [4.78, 5) is 26.1. The average Bonchev–Trinajstić information content (AvgIpc) is 2.99. The third-order valence-electron chi connectivity index (χ3n) is 2.64. The molecule has 0 atom stereocenters.